The third-order valence-corrected chi connectivity index (χ3v) is 6.35. The monoisotopic (exact) mass is 524 g/mol. The summed E-state index contributed by atoms with van der Waals surface area (Å²) in [6.07, 6.45) is 1.77. The van der Waals surface area contributed by atoms with Crippen molar-refractivity contribution in [2.45, 2.75) is 26.8 Å². The van der Waals surface area contributed by atoms with Gasteiger partial charge in [0.2, 0.25) is 0 Å². The molecule has 0 bridgehead atoms. The Labute approximate surface area is 212 Å². The second kappa shape index (κ2) is 11.2. The molecular formula is C23H22Cl2N2O4S2. The molecule has 1 aliphatic heterocycles. The number of amides is 2. The lowest BCUT2D eigenvalue weighted by Crippen LogP contribution is -2.34. The number of benzene rings is 2. The number of thioether (sulfide) groups is 1. The van der Waals surface area contributed by atoms with E-state index in [2.05, 4.69) is 5.32 Å². The summed E-state index contributed by atoms with van der Waals surface area (Å²) >= 11 is 18.6. The maximum Gasteiger partial charge on any atom is 0.266 e. The van der Waals surface area contributed by atoms with E-state index >= 15 is 0 Å². The van der Waals surface area contributed by atoms with E-state index < -0.39 is 0 Å². The van der Waals surface area contributed by atoms with Crippen LogP contribution in [0.25, 0.3) is 6.08 Å². The SMILES string of the molecule is CCOc1cc(/C=C2\SC(=S)N(C(C)C)C2=O)ccc1OCC(=O)Nc1ccc(Cl)cc1Cl. The van der Waals surface area contributed by atoms with Crippen molar-refractivity contribution in [3.8, 4) is 11.5 Å². The third kappa shape index (κ3) is 6.41. The van der Waals surface area contributed by atoms with Crippen molar-refractivity contribution >= 4 is 75.1 Å². The normalized spacial score (nSPS) is 14.8. The van der Waals surface area contributed by atoms with Crippen LogP contribution in [0, 0.1) is 0 Å². The molecule has 0 atom stereocenters. The van der Waals surface area contributed by atoms with Crippen molar-refractivity contribution in [2.24, 2.45) is 0 Å². The number of nitrogens with zero attached hydrogens (tertiary/aromatic N) is 1. The first-order valence-electron chi connectivity index (χ1n) is 10.1. The molecule has 1 heterocycles. The van der Waals surface area contributed by atoms with Gasteiger partial charge in [-0.1, -0.05) is 53.2 Å². The summed E-state index contributed by atoms with van der Waals surface area (Å²) in [5.41, 5.74) is 1.20. The lowest BCUT2D eigenvalue weighted by Gasteiger charge is -2.18. The van der Waals surface area contributed by atoms with E-state index in [0.29, 0.717) is 43.1 Å². The van der Waals surface area contributed by atoms with Gasteiger partial charge in [0.15, 0.2) is 18.1 Å². The van der Waals surface area contributed by atoms with Gasteiger partial charge in [-0.05, 0) is 62.7 Å². The van der Waals surface area contributed by atoms with Gasteiger partial charge in [0, 0.05) is 11.1 Å². The van der Waals surface area contributed by atoms with Crippen LogP contribution in [0.4, 0.5) is 5.69 Å². The molecule has 1 saturated heterocycles. The van der Waals surface area contributed by atoms with Crippen molar-refractivity contribution in [3.63, 3.8) is 0 Å². The maximum absolute atomic E-state index is 12.6. The van der Waals surface area contributed by atoms with Gasteiger partial charge < -0.3 is 14.8 Å². The topological polar surface area (TPSA) is 67.9 Å². The van der Waals surface area contributed by atoms with Crippen LogP contribution in [0.1, 0.15) is 26.3 Å². The molecule has 3 rings (SSSR count). The van der Waals surface area contributed by atoms with Gasteiger partial charge in [-0.2, -0.15) is 0 Å². The number of halogens is 2. The molecule has 6 nitrogen and oxygen atoms in total. The summed E-state index contributed by atoms with van der Waals surface area (Å²) in [5.74, 6) is 0.364. The quantitative estimate of drug-likeness (QED) is 0.336. The Kier molecular flexibility index (Phi) is 8.64. The molecule has 0 radical (unpaired) electrons. The minimum atomic E-state index is -0.386. The second-order valence-electron chi connectivity index (χ2n) is 7.25. The van der Waals surface area contributed by atoms with Gasteiger partial charge in [0.05, 0.1) is 22.2 Å². The van der Waals surface area contributed by atoms with Gasteiger partial charge in [-0.3, -0.25) is 14.5 Å². The summed E-state index contributed by atoms with van der Waals surface area (Å²) in [4.78, 5) is 27.1. The Morgan fingerprint density at radius 1 is 1.18 bits per heavy atom. The fourth-order valence-corrected chi connectivity index (χ4v) is 4.98. The first-order chi connectivity index (χ1) is 15.7. The molecule has 33 heavy (non-hydrogen) atoms. The molecule has 2 aromatic carbocycles. The third-order valence-electron chi connectivity index (χ3n) is 4.47. The molecule has 1 aliphatic rings. The van der Waals surface area contributed by atoms with Gasteiger partial charge >= 0.3 is 0 Å². The maximum atomic E-state index is 12.6. The zero-order valence-electron chi connectivity index (χ0n) is 18.2. The number of hydrogen-bond donors (Lipinski definition) is 1. The van der Waals surface area contributed by atoms with Gasteiger partial charge in [-0.25, -0.2) is 0 Å². The van der Waals surface area contributed by atoms with Crippen LogP contribution >= 0.6 is 47.2 Å². The Bertz CT molecular complexity index is 1120. The predicted molar refractivity (Wildman–Crippen MR) is 138 cm³/mol. The van der Waals surface area contributed by atoms with Crippen LogP contribution in [0.2, 0.25) is 10.0 Å². The predicted octanol–water partition coefficient (Wildman–Crippen LogP) is 6.02. The van der Waals surface area contributed by atoms with E-state index in [1.165, 1.54) is 11.8 Å². The smallest absolute Gasteiger partial charge is 0.266 e. The first-order valence-corrected chi connectivity index (χ1v) is 12.1. The van der Waals surface area contributed by atoms with E-state index in [1.807, 2.05) is 20.8 Å². The Hall–Kier alpha value is -2.26. The molecule has 2 aromatic rings. The van der Waals surface area contributed by atoms with Crippen LogP contribution in [0.3, 0.4) is 0 Å². The van der Waals surface area contributed by atoms with E-state index in [1.54, 1.807) is 47.4 Å². The fourth-order valence-electron chi connectivity index (χ4n) is 3.00. The summed E-state index contributed by atoms with van der Waals surface area (Å²) in [5, 5.41) is 3.48. The van der Waals surface area contributed by atoms with Gasteiger partial charge in [-0.15, -0.1) is 0 Å². The summed E-state index contributed by atoms with van der Waals surface area (Å²) < 4.78 is 11.9. The largest absolute Gasteiger partial charge is 0.490 e. The minimum absolute atomic E-state index is 0.00735. The van der Waals surface area contributed by atoms with Gasteiger partial charge in [0.1, 0.15) is 4.32 Å². The van der Waals surface area contributed by atoms with E-state index in [4.69, 9.17) is 44.9 Å². The lowest BCUT2D eigenvalue weighted by molar-refractivity contribution is -0.123. The van der Waals surface area contributed by atoms with Gasteiger partial charge in [0.25, 0.3) is 11.8 Å². The molecule has 2 amide bonds. The standard InChI is InChI=1S/C23H22Cl2N2O4S2/c1-4-30-19-9-14(10-20-22(29)27(13(2)3)23(32)33-20)5-8-18(19)31-12-21(28)26-17-7-6-15(24)11-16(17)25/h5-11,13H,4,12H2,1-3H3,(H,26,28)/b20-10-. The highest BCUT2D eigenvalue weighted by Gasteiger charge is 2.33. The van der Waals surface area contributed by atoms with Crippen LogP contribution < -0.4 is 14.8 Å². The van der Waals surface area contributed by atoms with E-state index in [0.717, 1.165) is 5.56 Å². The highest BCUT2D eigenvalue weighted by molar-refractivity contribution is 8.26. The zero-order valence-corrected chi connectivity index (χ0v) is 21.3. The average molecular weight is 525 g/mol. The van der Waals surface area contributed by atoms with Crippen molar-refractivity contribution in [3.05, 3.63) is 56.9 Å². The summed E-state index contributed by atoms with van der Waals surface area (Å²) in [6.45, 7) is 5.85. The number of anilines is 1. The lowest BCUT2D eigenvalue weighted by atomic mass is 10.1. The Balaban J connectivity index is 1.71. The molecule has 0 aliphatic carbocycles. The minimum Gasteiger partial charge on any atom is -0.490 e. The van der Waals surface area contributed by atoms with Crippen molar-refractivity contribution in [1.29, 1.82) is 0 Å². The molecule has 0 unspecified atom stereocenters. The molecule has 0 saturated carbocycles. The first kappa shape index (κ1) is 25.4. The number of ether oxygens (including phenoxy) is 2. The molecule has 1 fully saturated rings. The Morgan fingerprint density at radius 2 is 1.94 bits per heavy atom. The van der Waals surface area contributed by atoms with Crippen LogP contribution in [0.15, 0.2) is 41.3 Å². The molecule has 1 N–H and O–H groups in total. The molecular weight excluding hydrogens is 503 g/mol. The van der Waals surface area contributed by atoms with Crippen LogP contribution in [-0.4, -0.2) is 40.3 Å². The molecule has 174 valence electrons. The van der Waals surface area contributed by atoms with Crippen molar-refractivity contribution < 1.29 is 19.1 Å². The summed E-state index contributed by atoms with van der Waals surface area (Å²) in [7, 11) is 0. The van der Waals surface area contributed by atoms with Crippen LogP contribution in [-0.2, 0) is 9.59 Å². The number of carbonyl (C=O) groups excluding carboxylic acids is 2. The number of nitrogens with one attached hydrogen (secondary N) is 1. The highest BCUT2D eigenvalue weighted by Crippen LogP contribution is 2.36. The van der Waals surface area contributed by atoms with E-state index in [9.17, 15) is 9.59 Å². The summed E-state index contributed by atoms with van der Waals surface area (Å²) in [6, 6.07) is 10.0. The van der Waals surface area contributed by atoms with Crippen LogP contribution in [0.5, 0.6) is 11.5 Å². The highest BCUT2D eigenvalue weighted by atomic mass is 35.5. The molecule has 0 spiro atoms. The second-order valence-corrected chi connectivity index (χ2v) is 9.77. The number of rotatable bonds is 8. The number of thiocarbonyl (C=S) groups is 1. The fraction of sp³-hybridized carbons (Fsp3) is 0.261. The number of carbonyl (C=O) groups is 2. The van der Waals surface area contributed by atoms with Crippen molar-refractivity contribution in [1.82, 2.24) is 4.90 Å². The number of hydrogen-bond acceptors (Lipinski definition) is 6. The van der Waals surface area contributed by atoms with Crippen molar-refractivity contribution in [2.75, 3.05) is 18.5 Å². The molecule has 0 aromatic heterocycles. The average Bonchev–Trinajstić information content (AvgIpc) is 3.02. The molecule has 10 heteroatoms. The van der Waals surface area contributed by atoms with E-state index in [-0.39, 0.29) is 24.5 Å². The Morgan fingerprint density at radius 3 is 2.58 bits per heavy atom. The zero-order chi connectivity index (χ0) is 24.1.